The van der Waals surface area contributed by atoms with Gasteiger partial charge in [-0.05, 0) is 120 Å². The Morgan fingerprint density at radius 2 is 1.19 bits per heavy atom. The third-order valence-electron chi connectivity index (χ3n) is 25.4. The Morgan fingerprint density at radius 1 is 0.591 bits per heavy atom. The number of morpholine rings is 2. The number of fused-ring (bicyclic) bond motifs is 1. The molecular weight excluding hydrogens is 1450 g/mol. The summed E-state index contributed by atoms with van der Waals surface area (Å²) in [7, 11) is 9.94. The average molecular weight is 1580 g/mol. The molecule has 4 heterocycles. The van der Waals surface area contributed by atoms with E-state index < -0.39 is 179 Å². The lowest BCUT2D eigenvalue weighted by Crippen LogP contribution is -2.65. The number of carbonyl (C=O) groups excluding carboxylic acids is 13. The van der Waals surface area contributed by atoms with E-state index in [4.69, 9.17) is 21.1 Å². The summed E-state index contributed by atoms with van der Waals surface area (Å²) in [5, 5.41) is 7.54. The number of halogens is 4. The molecule has 620 valence electrons. The summed E-state index contributed by atoms with van der Waals surface area (Å²) in [6.07, 6.45) is 2.58. The smallest absolute Gasteiger partial charge is 0.378 e. The van der Waals surface area contributed by atoms with Gasteiger partial charge in [-0.2, -0.15) is 13.2 Å². The number of nitrogens with one attached hydrogen (secondary N) is 3. The fraction of sp³-hybridized carbons (Fsp3) is 0.833. The summed E-state index contributed by atoms with van der Waals surface area (Å²) in [4.78, 5) is 211. The van der Waals surface area contributed by atoms with E-state index in [1.807, 2.05) is 20.8 Å². The molecule has 4 saturated heterocycles. The standard InChI is InChI=1S/C78H125ClF3N13O15/c1-13-49(4)65-74(106)87(7)50(5)69(101)95-34-31-58(95)72(104)90(10)60(45-51-21-15-14-16-22-51)71(103)86(6)47-62(96)83-56(28-26-52-25-27-54(55(79)44-52)78(80,81)82)70(102)89(9)57(29-30-63(97)93-35-39-109-40-36-93)68(100)85-77(32-19-20-33-77)76(108)92(12)66(53-23-17-18-24-53)75(107)91(11)61(73(105)94-37-41-110-42-38-94)46-64(98)88(8)59(43-48(2)3)67(99)84-65/h48-61,65-66H,13-47H2,1-12H3,(H,83,96)(H,84,99)(H,85,100)/t49-,50-,52?,54?,55?,56-,57-,58-,59-,60-,61-,65-,66-/m0/s1. The van der Waals surface area contributed by atoms with Crippen LogP contribution in [0.2, 0.25) is 0 Å². The van der Waals surface area contributed by atoms with Gasteiger partial charge in [0.15, 0.2) is 0 Å². The number of nitrogens with zero attached hydrogens (tertiary/aromatic N) is 10. The average Bonchev–Trinajstić information content (AvgIpc) is 1.36. The summed E-state index contributed by atoms with van der Waals surface area (Å²) >= 11 is 6.47. The summed E-state index contributed by atoms with van der Waals surface area (Å²) < 4.78 is 53.7. The maximum Gasteiger partial charge on any atom is 0.393 e. The summed E-state index contributed by atoms with van der Waals surface area (Å²) in [5.74, 6) is -11.9. The molecule has 0 radical (unpaired) electrons. The predicted molar refractivity (Wildman–Crippen MR) is 402 cm³/mol. The van der Waals surface area contributed by atoms with Gasteiger partial charge in [-0.3, -0.25) is 62.3 Å². The molecule has 3 N–H and O–H groups in total. The van der Waals surface area contributed by atoms with Crippen molar-refractivity contribution in [3.05, 3.63) is 0 Å². The van der Waals surface area contributed by atoms with Crippen LogP contribution in [0.25, 0.3) is 0 Å². The van der Waals surface area contributed by atoms with Gasteiger partial charge in [-0.25, -0.2) is 0 Å². The Morgan fingerprint density at radius 3 is 1.76 bits per heavy atom. The molecule has 110 heavy (non-hydrogen) atoms. The van der Waals surface area contributed by atoms with Crippen molar-refractivity contribution in [1.82, 2.24) is 64.9 Å². The minimum Gasteiger partial charge on any atom is -0.378 e. The van der Waals surface area contributed by atoms with Gasteiger partial charge < -0.3 is 74.4 Å². The Bertz CT molecular complexity index is 3250. The van der Waals surface area contributed by atoms with Crippen molar-refractivity contribution in [3.8, 4) is 0 Å². The molecule has 0 aromatic carbocycles. The Labute approximate surface area is 652 Å². The van der Waals surface area contributed by atoms with Crippen molar-refractivity contribution in [2.45, 2.75) is 267 Å². The molecular formula is C78H125ClF3N13O15. The largest absolute Gasteiger partial charge is 0.393 e. The van der Waals surface area contributed by atoms with Crippen LogP contribution in [0, 0.1) is 35.5 Å². The zero-order valence-electron chi connectivity index (χ0n) is 67.1. The molecule has 13 amide bonds. The summed E-state index contributed by atoms with van der Waals surface area (Å²) in [6, 6.07) is -11.6. The van der Waals surface area contributed by atoms with Gasteiger partial charge in [0.1, 0.15) is 59.9 Å². The number of hydrogen-bond donors (Lipinski definition) is 3. The highest BCUT2D eigenvalue weighted by Gasteiger charge is 2.53. The van der Waals surface area contributed by atoms with Crippen LogP contribution in [0.15, 0.2) is 0 Å². The number of amides is 13. The lowest BCUT2D eigenvalue weighted by atomic mass is 9.78. The SMILES string of the molecule is CC[C@H](C)[C@@H]1NC(=O)[C@H](CC(C)C)N(C)C(=O)C[C@@H](C(=O)N2CCOCC2)N(C)C(=O)[C@H](C2CCCC2)N(C)C(=O)C2(CCCC2)NC(=O)[C@H](CCC(=O)N2CCOCC2)N(C)C(=O)[C@H](CCC2CCC(C(F)(F)F)C(Cl)C2)NC(=O)CN(C)C(=O)[C@H](CC2CCCCC2)N(C)C(=O)[C@@H]2CCN2C(=O)[C@H](C)N(C)C1=O. The van der Waals surface area contributed by atoms with E-state index in [0.29, 0.717) is 44.9 Å². The number of hydrogen-bond acceptors (Lipinski definition) is 15. The first-order valence-corrected chi connectivity index (χ1v) is 40.9. The highest BCUT2D eigenvalue weighted by Crippen LogP contribution is 2.44. The van der Waals surface area contributed by atoms with Crippen LogP contribution in [0.4, 0.5) is 13.2 Å². The van der Waals surface area contributed by atoms with Gasteiger partial charge in [0.2, 0.25) is 76.8 Å². The summed E-state index contributed by atoms with van der Waals surface area (Å²) in [5.41, 5.74) is -1.71. The fourth-order valence-corrected chi connectivity index (χ4v) is 18.4. The number of rotatable bonds is 14. The monoisotopic (exact) mass is 1580 g/mol. The van der Waals surface area contributed by atoms with Crippen LogP contribution in [0.3, 0.4) is 0 Å². The first kappa shape index (κ1) is 88.7. The topological polar surface area (TPSA) is 309 Å². The lowest BCUT2D eigenvalue weighted by molar-refractivity contribution is -0.182. The molecule has 4 saturated carbocycles. The second-order valence-corrected chi connectivity index (χ2v) is 33.8. The van der Waals surface area contributed by atoms with Gasteiger partial charge in [-0.15, -0.1) is 11.6 Å². The lowest BCUT2D eigenvalue weighted by Gasteiger charge is -2.45. The van der Waals surface area contributed by atoms with Crippen LogP contribution in [-0.4, -0.2) is 312 Å². The molecule has 4 aliphatic carbocycles. The fourth-order valence-electron chi connectivity index (χ4n) is 17.8. The zero-order chi connectivity index (χ0) is 80.8. The van der Waals surface area contributed by atoms with Crippen LogP contribution >= 0.6 is 11.6 Å². The van der Waals surface area contributed by atoms with Gasteiger partial charge in [-0.1, -0.05) is 91.9 Å². The molecule has 13 atom stereocenters. The molecule has 3 unspecified atom stereocenters. The van der Waals surface area contributed by atoms with Crippen LogP contribution in [-0.2, 0) is 71.8 Å². The number of likely N-dealkylation sites (N-methyl/N-ethyl adjacent to an activating group) is 7. The second-order valence-electron chi connectivity index (χ2n) is 33.2. The first-order chi connectivity index (χ1) is 52.0. The van der Waals surface area contributed by atoms with Gasteiger partial charge in [0, 0.05) is 93.9 Å². The normalized spacial score (nSPS) is 30.4. The molecule has 0 aromatic heterocycles. The molecule has 8 rings (SSSR count). The van der Waals surface area contributed by atoms with E-state index in [1.165, 1.54) is 90.6 Å². The number of alkyl halides is 4. The van der Waals surface area contributed by atoms with Gasteiger partial charge in [0.05, 0.1) is 45.3 Å². The summed E-state index contributed by atoms with van der Waals surface area (Å²) in [6.45, 7) is 9.96. The maximum atomic E-state index is 16.0. The number of carbonyl (C=O) groups is 13. The molecule has 28 nitrogen and oxygen atoms in total. The van der Waals surface area contributed by atoms with Crippen LogP contribution < -0.4 is 16.0 Å². The van der Waals surface area contributed by atoms with Gasteiger partial charge >= 0.3 is 6.18 Å². The molecule has 8 fully saturated rings. The highest BCUT2D eigenvalue weighted by atomic mass is 35.5. The minimum atomic E-state index is -4.55. The van der Waals surface area contributed by atoms with E-state index in [-0.39, 0.29) is 154 Å². The maximum absolute atomic E-state index is 16.0. The van der Waals surface area contributed by atoms with Crippen molar-refractivity contribution in [2.24, 2.45) is 35.5 Å². The van der Waals surface area contributed by atoms with E-state index in [9.17, 15) is 32.3 Å². The highest BCUT2D eigenvalue weighted by molar-refractivity contribution is 6.21. The third-order valence-corrected chi connectivity index (χ3v) is 25.9. The Balaban J connectivity index is 1.21. The quantitative estimate of drug-likeness (QED) is 0.194. The molecule has 0 aromatic rings. The van der Waals surface area contributed by atoms with Gasteiger partial charge in [0.25, 0.3) is 0 Å². The predicted octanol–water partition coefficient (Wildman–Crippen LogP) is 4.95. The molecule has 8 aliphatic rings. The van der Waals surface area contributed by atoms with Crippen LogP contribution in [0.1, 0.15) is 195 Å². The van der Waals surface area contributed by atoms with Crippen molar-refractivity contribution >= 4 is 88.4 Å². The Hall–Kier alpha value is -6.89. The van der Waals surface area contributed by atoms with Crippen LogP contribution in [0.5, 0.6) is 0 Å². The number of ether oxygens (including phenoxy) is 2. The van der Waals surface area contributed by atoms with E-state index in [0.717, 1.165) is 41.9 Å². The first-order valence-electron chi connectivity index (χ1n) is 40.5. The van der Waals surface area contributed by atoms with Crippen molar-refractivity contribution in [3.63, 3.8) is 0 Å². The van der Waals surface area contributed by atoms with E-state index in [2.05, 4.69) is 16.0 Å². The molecule has 4 aliphatic heterocycles. The minimum absolute atomic E-state index is 0.00262. The molecule has 0 bridgehead atoms. The Kier molecular flexibility index (Phi) is 32.0. The molecule has 1 spiro atoms. The zero-order valence-corrected chi connectivity index (χ0v) is 67.8. The van der Waals surface area contributed by atoms with E-state index >= 15 is 43.2 Å². The van der Waals surface area contributed by atoms with E-state index in [1.54, 1.807) is 11.8 Å². The second kappa shape index (κ2) is 39.7. The van der Waals surface area contributed by atoms with Crippen molar-refractivity contribution < 1.29 is 85.0 Å². The van der Waals surface area contributed by atoms with Crippen molar-refractivity contribution in [2.75, 3.05) is 115 Å². The van der Waals surface area contributed by atoms with Crippen molar-refractivity contribution in [1.29, 1.82) is 0 Å². The molecule has 32 heteroatoms. The third kappa shape index (κ3) is 21.7.